The molecule has 1 heterocycles. The maximum atomic E-state index is 6.10. The third-order valence-corrected chi connectivity index (χ3v) is 3.04. The molecule has 0 spiro atoms. The quantitative estimate of drug-likeness (QED) is 0.887. The molecule has 84 valence electrons. The van der Waals surface area contributed by atoms with Crippen molar-refractivity contribution in [2.45, 2.75) is 39.2 Å². The molecule has 0 radical (unpaired) electrons. The molecule has 3 heteroatoms. The van der Waals surface area contributed by atoms with Gasteiger partial charge in [0.15, 0.2) is 0 Å². The van der Waals surface area contributed by atoms with Gasteiger partial charge in [-0.3, -0.25) is 4.98 Å². The molecule has 2 atom stereocenters. The standard InChI is InChI=1S/C12H19BrN2/c1-3-4-9(2)7-11(14)12-6-5-10(13)8-15-12/h5-6,8-9,11H,3-4,7,14H2,1-2H3. The first-order valence-corrected chi connectivity index (χ1v) is 6.29. The molecule has 0 aliphatic carbocycles. The largest absolute Gasteiger partial charge is 0.323 e. The topological polar surface area (TPSA) is 38.9 Å². The zero-order valence-electron chi connectivity index (χ0n) is 9.41. The van der Waals surface area contributed by atoms with Crippen LogP contribution in [0.2, 0.25) is 0 Å². The van der Waals surface area contributed by atoms with E-state index >= 15 is 0 Å². The first kappa shape index (κ1) is 12.7. The van der Waals surface area contributed by atoms with E-state index in [9.17, 15) is 0 Å². The van der Waals surface area contributed by atoms with Crippen molar-refractivity contribution in [3.8, 4) is 0 Å². The van der Waals surface area contributed by atoms with Crippen LogP contribution in [0.25, 0.3) is 0 Å². The van der Waals surface area contributed by atoms with Gasteiger partial charge in [0.25, 0.3) is 0 Å². The molecule has 1 aromatic rings. The van der Waals surface area contributed by atoms with Crippen molar-refractivity contribution >= 4 is 15.9 Å². The summed E-state index contributed by atoms with van der Waals surface area (Å²) in [4.78, 5) is 4.32. The lowest BCUT2D eigenvalue weighted by Gasteiger charge is -2.16. The van der Waals surface area contributed by atoms with Gasteiger partial charge < -0.3 is 5.73 Å². The minimum Gasteiger partial charge on any atom is -0.323 e. The summed E-state index contributed by atoms with van der Waals surface area (Å²) in [6.07, 6.45) is 5.29. The van der Waals surface area contributed by atoms with Gasteiger partial charge in [-0.25, -0.2) is 0 Å². The molecular weight excluding hydrogens is 252 g/mol. The van der Waals surface area contributed by atoms with Gasteiger partial charge in [0.2, 0.25) is 0 Å². The van der Waals surface area contributed by atoms with E-state index in [1.165, 1.54) is 12.8 Å². The maximum absolute atomic E-state index is 6.10. The SMILES string of the molecule is CCCC(C)CC(N)c1ccc(Br)cn1. The average molecular weight is 271 g/mol. The zero-order chi connectivity index (χ0) is 11.3. The first-order valence-electron chi connectivity index (χ1n) is 5.50. The fourth-order valence-electron chi connectivity index (χ4n) is 1.77. The smallest absolute Gasteiger partial charge is 0.0571 e. The Hall–Kier alpha value is -0.410. The summed E-state index contributed by atoms with van der Waals surface area (Å²) in [5.74, 6) is 0.676. The van der Waals surface area contributed by atoms with E-state index < -0.39 is 0 Å². The Morgan fingerprint density at radius 2 is 2.20 bits per heavy atom. The van der Waals surface area contributed by atoms with Gasteiger partial charge in [-0.2, -0.15) is 0 Å². The number of hydrogen-bond donors (Lipinski definition) is 1. The minimum absolute atomic E-state index is 0.0691. The van der Waals surface area contributed by atoms with Gasteiger partial charge in [-0.05, 0) is 40.4 Å². The molecule has 0 amide bonds. The van der Waals surface area contributed by atoms with E-state index in [2.05, 4.69) is 34.8 Å². The Bertz CT molecular complexity index is 284. The molecule has 2 unspecified atom stereocenters. The fraction of sp³-hybridized carbons (Fsp3) is 0.583. The normalized spacial score (nSPS) is 14.9. The lowest BCUT2D eigenvalue weighted by Crippen LogP contribution is -2.15. The van der Waals surface area contributed by atoms with Crippen LogP contribution in [0.3, 0.4) is 0 Å². The first-order chi connectivity index (χ1) is 7.13. The van der Waals surface area contributed by atoms with Crippen molar-refractivity contribution in [3.63, 3.8) is 0 Å². The van der Waals surface area contributed by atoms with Crippen LogP contribution in [0.1, 0.15) is 44.8 Å². The van der Waals surface area contributed by atoms with Crippen molar-refractivity contribution in [2.24, 2.45) is 11.7 Å². The predicted molar refractivity (Wildman–Crippen MR) is 67.6 cm³/mol. The summed E-state index contributed by atoms with van der Waals surface area (Å²) in [6.45, 7) is 4.46. The van der Waals surface area contributed by atoms with Crippen molar-refractivity contribution < 1.29 is 0 Å². The Balaban J connectivity index is 2.53. The number of aromatic nitrogens is 1. The molecule has 0 saturated heterocycles. The highest BCUT2D eigenvalue weighted by Crippen LogP contribution is 2.21. The molecule has 0 saturated carbocycles. The highest BCUT2D eigenvalue weighted by molar-refractivity contribution is 9.10. The van der Waals surface area contributed by atoms with Crippen molar-refractivity contribution in [2.75, 3.05) is 0 Å². The lowest BCUT2D eigenvalue weighted by atomic mass is 9.96. The van der Waals surface area contributed by atoms with Gasteiger partial charge >= 0.3 is 0 Å². The van der Waals surface area contributed by atoms with Gasteiger partial charge in [0.1, 0.15) is 0 Å². The van der Waals surface area contributed by atoms with E-state index in [0.29, 0.717) is 5.92 Å². The second-order valence-electron chi connectivity index (χ2n) is 4.14. The number of pyridine rings is 1. The molecule has 0 aliphatic rings. The molecule has 0 bridgehead atoms. The monoisotopic (exact) mass is 270 g/mol. The Labute approximate surface area is 100 Å². The van der Waals surface area contributed by atoms with Crippen LogP contribution in [-0.4, -0.2) is 4.98 Å². The van der Waals surface area contributed by atoms with E-state index in [0.717, 1.165) is 16.6 Å². The van der Waals surface area contributed by atoms with Gasteiger partial charge in [0.05, 0.1) is 5.69 Å². The van der Waals surface area contributed by atoms with E-state index in [1.807, 2.05) is 12.1 Å². The van der Waals surface area contributed by atoms with E-state index in [1.54, 1.807) is 6.20 Å². The summed E-state index contributed by atoms with van der Waals surface area (Å²) < 4.78 is 1.00. The molecular formula is C12H19BrN2. The third kappa shape index (κ3) is 4.31. The predicted octanol–water partition coefficient (Wildman–Crippen LogP) is 3.67. The molecule has 1 rings (SSSR count). The lowest BCUT2D eigenvalue weighted by molar-refractivity contribution is 0.436. The third-order valence-electron chi connectivity index (χ3n) is 2.57. The molecule has 0 aromatic carbocycles. The Kier molecular flexibility index (Phi) is 5.26. The fourth-order valence-corrected chi connectivity index (χ4v) is 2.01. The van der Waals surface area contributed by atoms with Gasteiger partial charge in [-0.15, -0.1) is 0 Å². The Morgan fingerprint density at radius 3 is 2.73 bits per heavy atom. The number of rotatable bonds is 5. The summed E-state index contributed by atoms with van der Waals surface area (Å²) in [6, 6.07) is 4.06. The highest BCUT2D eigenvalue weighted by Gasteiger charge is 2.11. The number of halogens is 1. The summed E-state index contributed by atoms with van der Waals surface area (Å²) >= 11 is 3.37. The van der Waals surface area contributed by atoms with Crippen LogP contribution >= 0.6 is 15.9 Å². The average Bonchev–Trinajstić information content (AvgIpc) is 2.18. The molecule has 2 nitrogen and oxygen atoms in total. The highest BCUT2D eigenvalue weighted by atomic mass is 79.9. The second kappa shape index (κ2) is 6.23. The summed E-state index contributed by atoms with van der Waals surface area (Å²) in [5, 5.41) is 0. The maximum Gasteiger partial charge on any atom is 0.0571 e. The second-order valence-corrected chi connectivity index (χ2v) is 5.05. The summed E-state index contributed by atoms with van der Waals surface area (Å²) in [5.41, 5.74) is 7.09. The summed E-state index contributed by atoms with van der Waals surface area (Å²) in [7, 11) is 0. The van der Waals surface area contributed by atoms with Crippen molar-refractivity contribution in [1.82, 2.24) is 4.98 Å². The number of nitrogens with two attached hydrogens (primary N) is 1. The molecule has 0 aliphatic heterocycles. The number of nitrogens with zero attached hydrogens (tertiary/aromatic N) is 1. The Morgan fingerprint density at radius 1 is 1.47 bits per heavy atom. The zero-order valence-corrected chi connectivity index (χ0v) is 11.0. The van der Waals surface area contributed by atoms with Crippen LogP contribution in [0.15, 0.2) is 22.8 Å². The molecule has 15 heavy (non-hydrogen) atoms. The van der Waals surface area contributed by atoms with Crippen LogP contribution in [0.5, 0.6) is 0 Å². The minimum atomic E-state index is 0.0691. The van der Waals surface area contributed by atoms with Crippen molar-refractivity contribution in [3.05, 3.63) is 28.5 Å². The van der Waals surface area contributed by atoms with E-state index in [4.69, 9.17) is 5.73 Å². The van der Waals surface area contributed by atoms with E-state index in [-0.39, 0.29) is 6.04 Å². The molecule has 0 fully saturated rings. The number of hydrogen-bond acceptors (Lipinski definition) is 2. The van der Waals surface area contributed by atoms with Crippen LogP contribution in [0.4, 0.5) is 0 Å². The van der Waals surface area contributed by atoms with Gasteiger partial charge in [-0.1, -0.05) is 26.7 Å². The van der Waals surface area contributed by atoms with Crippen LogP contribution in [0, 0.1) is 5.92 Å². The van der Waals surface area contributed by atoms with Crippen molar-refractivity contribution in [1.29, 1.82) is 0 Å². The molecule has 1 aromatic heterocycles. The van der Waals surface area contributed by atoms with Gasteiger partial charge in [0, 0.05) is 16.7 Å². The molecule has 2 N–H and O–H groups in total. The van der Waals surface area contributed by atoms with Crippen LogP contribution < -0.4 is 5.73 Å². The van der Waals surface area contributed by atoms with Crippen LogP contribution in [-0.2, 0) is 0 Å².